The van der Waals surface area contributed by atoms with Crippen LogP contribution in [0.1, 0.15) is 18.4 Å². The van der Waals surface area contributed by atoms with Gasteiger partial charge in [-0.3, -0.25) is 4.79 Å². The summed E-state index contributed by atoms with van der Waals surface area (Å²) in [5, 5.41) is 12.9. The fraction of sp³-hybridized carbons (Fsp3) is 0.389. The first-order chi connectivity index (χ1) is 12.5. The van der Waals surface area contributed by atoms with Crippen LogP contribution in [0, 0.1) is 12.8 Å². The summed E-state index contributed by atoms with van der Waals surface area (Å²) >= 11 is 6.14. The molecule has 1 aromatic carbocycles. The van der Waals surface area contributed by atoms with Crippen molar-refractivity contribution >= 4 is 35.0 Å². The minimum Gasteiger partial charge on any atom is -0.495 e. The largest absolute Gasteiger partial charge is 0.495 e. The fourth-order valence-electron chi connectivity index (χ4n) is 2.99. The molecule has 0 saturated carbocycles. The van der Waals surface area contributed by atoms with Gasteiger partial charge in [0.2, 0.25) is 5.95 Å². The van der Waals surface area contributed by atoms with Crippen LogP contribution in [0.15, 0.2) is 24.4 Å². The molecule has 0 spiro atoms. The van der Waals surface area contributed by atoms with Gasteiger partial charge in [0.25, 0.3) is 0 Å². The summed E-state index contributed by atoms with van der Waals surface area (Å²) in [4.78, 5) is 22.0. The number of hydrogen-bond donors (Lipinski definition) is 2. The predicted molar refractivity (Wildman–Crippen MR) is 101 cm³/mol. The molecule has 3 rings (SSSR count). The van der Waals surface area contributed by atoms with Crippen LogP contribution in [0.4, 0.5) is 17.5 Å². The predicted octanol–water partition coefficient (Wildman–Crippen LogP) is 3.49. The number of carboxylic acid groups (broad SMARTS) is 1. The second kappa shape index (κ2) is 7.78. The van der Waals surface area contributed by atoms with Gasteiger partial charge in [0.15, 0.2) is 0 Å². The van der Waals surface area contributed by atoms with E-state index in [1.165, 1.54) is 0 Å². The van der Waals surface area contributed by atoms with Crippen molar-refractivity contribution in [1.82, 2.24) is 9.97 Å². The molecule has 1 aliphatic heterocycles. The van der Waals surface area contributed by atoms with Crippen molar-refractivity contribution in [1.29, 1.82) is 0 Å². The van der Waals surface area contributed by atoms with E-state index in [0.717, 1.165) is 17.1 Å². The Hall–Kier alpha value is -2.54. The molecule has 8 heteroatoms. The number of nitrogens with zero attached hydrogens (tertiary/aromatic N) is 3. The summed E-state index contributed by atoms with van der Waals surface area (Å²) in [6.07, 6.45) is 2.92. The van der Waals surface area contributed by atoms with E-state index in [4.69, 9.17) is 21.4 Å². The highest BCUT2D eigenvalue weighted by Crippen LogP contribution is 2.32. The lowest BCUT2D eigenvalue weighted by atomic mass is 9.97. The van der Waals surface area contributed by atoms with Gasteiger partial charge in [-0.25, -0.2) is 4.98 Å². The van der Waals surface area contributed by atoms with Crippen LogP contribution in [0.2, 0.25) is 5.02 Å². The lowest BCUT2D eigenvalue weighted by Gasteiger charge is -2.31. The van der Waals surface area contributed by atoms with Crippen LogP contribution >= 0.6 is 11.6 Å². The summed E-state index contributed by atoms with van der Waals surface area (Å²) in [6.45, 7) is 3.24. The number of aromatic nitrogens is 2. The van der Waals surface area contributed by atoms with E-state index < -0.39 is 5.97 Å². The quantitative estimate of drug-likeness (QED) is 0.825. The first kappa shape index (κ1) is 18.3. The Labute approximate surface area is 157 Å². The third kappa shape index (κ3) is 3.99. The normalized spacial score (nSPS) is 15.0. The third-order valence-electron chi connectivity index (χ3n) is 4.54. The third-order valence-corrected chi connectivity index (χ3v) is 4.94. The minimum atomic E-state index is -0.722. The molecular weight excluding hydrogens is 356 g/mol. The number of benzene rings is 1. The molecule has 0 aliphatic carbocycles. The van der Waals surface area contributed by atoms with E-state index in [2.05, 4.69) is 20.2 Å². The Morgan fingerprint density at radius 1 is 1.38 bits per heavy atom. The Balaban J connectivity index is 1.76. The first-order valence-electron chi connectivity index (χ1n) is 8.40. The standard InChI is InChI=1S/C18H21ClN4O3/c1-11-9-14(15(26-2)10-13(11)19)21-18-20-6-3-16(22-18)23-7-4-12(5-8-23)17(24)25/h3,6,9-10,12H,4-5,7-8H2,1-2H3,(H,24,25)(H,20,21,22). The average Bonchev–Trinajstić information content (AvgIpc) is 2.65. The van der Waals surface area contributed by atoms with E-state index in [1.54, 1.807) is 19.4 Å². The number of rotatable bonds is 5. The molecule has 0 amide bonds. The lowest BCUT2D eigenvalue weighted by molar-refractivity contribution is -0.142. The Morgan fingerprint density at radius 2 is 2.12 bits per heavy atom. The maximum atomic E-state index is 11.1. The molecule has 1 fully saturated rings. The highest BCUT2D eigenvalue weighted by atomic mass is 35.5. The topological polar surface area (TPSA) is 87.6 Å². The number of carbonyl (C=O) groups is 1. The fourth-order valence-corrected chi connectivity index (χ4v) is 3.14. The molecule has 1 aliphatic rings. The van der Waals surface area contributed by atoms with Gasteiger partial charge in [-0.15, -0.1) is 0 Å². The maximum absolute atomic E-state index is 11.1. The maximum Gasteiger partial charge on any atom is 0.306 e. The molecule has 0 bridgehead atoms. The molecule has 2 N–H and O–H groups in total. The number of aliphatic carboxylic acids is 1. The molecule has 1 saturated heterocycles. The average molecular weight is 377 g/mol. The zero-order valence-electron chi connectivity index (χ0n) is 14.7. The number of ether oxygens (including phenoxy) is 1. The van der Waals surface area contributed by atoms with Crippen molar-refractivity contribution < 1.29 is 14.6 Å². The van der Waals surface area contributed by atoms with Gasteiger partial charge >= 0.3 is 5.97 Å². The van der Waals surface area contributed by atoms with E-state index in [-0.39, 0.29) is 5.92 Å². The van der Waals surface area contributed by atoms with Crippen LogP contribution in [0.3, 0.4) is 0 Å². The van der Waals surface area contributed by atoms with Crippen molar-refractivity contribution in [3.63, 3.8) is 0 Å². The second-order valence-corrected chi connectivity index (χ2v) is 6.67. The monoisotopic (exact) mass is 376 g/mol. The number of hydrogen-bond acceptors (Lipinski definition) is 6. The summed E-state index contributed by atoms with van der Waals surface area (Å²) in [6, 6.07) is 5.46. The van der Waals surface area contributed by atoms with Gasteiger partial charge in [-0.1, -0.05) is 11.6 Å². The van der Waals surface area contributed by atoms with Gasteiger partial charge < -0.3 is 20.1 Å². The van der Waals surface area contributed by atoms with Crippen molar-refractivity contribution in [2.24, 2.45) is 5.92 Å². The summed E-state index contributed by atoms with van der Waals surface area (Å²) < 4.78 is 5.37. The molecule has 0 atom stereocenters. The highest BCUT2D eigenvalue weighted by Gasteiger charge is 2.25. The Kier molecular flexibility index (Phi) is 5.46. The molecule has 2 aromatic rings. The molecule has 0 unspecified atom stereocenters. The van der Waals surface area contributed by atoms with E-state index in [9.17, 15) is 4.79 Å². The summed E-state index contributed by atoms with van der Waals surface area (Å²) in [7, 11) is 1.58. The molecule has 0 radical (unpaired) electrons. The van der Waals surface area contributed by atoms with Crippen LogP contribution in [0.5, 0.6) is 5.75 Å². The SMILES string of the molecule is COc1cc(Cl)c(C)cc1Nc1nccc(N2CCC(C(=O)O)CC2)n1. The van der Waals surface area contributed by atoms with Crippen molar-refractivity contribution in [2.45, 2.75) is 19.8 Å². The molecule has 1 aromatic heterocycles. The van der Waals surface area contributed by atoms with Crippen molar-refractivity contribution in [3.05, 3.63) is 35.0 Å². The number of carboxylic acids is 1. The van der Waals surface area contributed by atoms with Crippen LogP contribution < -0.4 is 15.0 Å². The number of halogens is 1. The number of methoxy groups -OCH3 is 1. The second-order valence-electron chi connectivity index (χ2n) is 6.26. The first-order valence-corrected chi connectivity index (χ1v) is 8.77. The van der Waals surface area contributed by atoms with Gasteiger partial charge in [0.05, 0.1) is 18.7 Å². The van der Waals surface area contributed by atoms with E-state index >= 15 is 0 Å². The highest BCUT2D eigenvalue weighted by molar-refractivity contribution is 6.31. The van der Waals surface area contributed by atoms with Crippen molar-refractivity contribution in [3.8, 4) is 5.75 Å². The minimum absolute atomic E-state index is 0.271. The van der Waals surface area contributed by atoms with E-state index in [1.807, 2.05) is 19.1 Å². The van der Waals surface area contributed by atoms with Crippen molar-refractivity contribution in [2.75, 3.05) is 30.4 Å². The number of anilines is 3. The molecular formula is C18H21ClN4O3. The van der Waals surface area contributed by atoms with Gasteiger partial charge in [0, 0.05) is 30.4 Å². The van der Waals surface area contributed by atoms with Gasteiger partial charge in [-0.2, -0.15) is 4.98 Å². The van der Waals surface area contributed by atoms with Crippen LogP contribution in [-0.2, 0) is 4.79 Å². The summed E-state index contributed by atoms with van der Waals surface area (Å²) in [5.74, 6) is 0.836. The smallest absolute Gasteiger partial charge is 0.306 e. The number of aryl methyl sites for hydroxylation is 1. The number of piperidine rings is 1. The van der Waals surface area contributed by atoms with Crippen LogP contribution in [0.25, 0.3) is 0 Å². The molecule has 26 heavy (non-hydrogen) atoms. The van der Waals surface area contributed by atoms with E-state index in [0.29, 0.717) is 42.7 Å². The van der Waals surface area contributed by atoms with Gasteiger partial charge in [0.1, 0.15) is 11.6 Å². The summed E-state index contributed by atoms with van der Waals surface area (Å²) in [5.41, 5.74) is 1.65. The van der Waals surface area contributed by atoms with Crippen LogP contribution in [-0.4, -0.2) is 41.2 Å². The lowest BCUT2D eigenvalue weighted by Crippen LogP contribution is -2.36. The molecule has 138 valence electrons. The van der Waals surface area contributed by atoms with Gasteiger partial charge in [-0.05, 0) is 37.5 Å². The Morgan fingerprint density at radius 3 is 2.77 bits per heavy atom. The molecule has 7 nitrogen and oxygen atoms in total. The Bertz CT molecular complexity index is 807. The molecule has 2 heterocycles. The number of nitrogens with one attached hydrogen (secondary N) is 1. The zero-order valence-corrected chi connectivity index (χ0v) is 15.5. The zero-order chi connectivity index (χ0) is 18.7.